The molecule has 0 atom stereocenters. The number of ether oxygens (including phenoxy) is 1. The van der Waals surface area contributed by atoms with Crippen LogP contribution in [-0.2, 0) is 12.2 Å². The Labute approximate surface area is 239 Å². The molecule has 2 fully saturated rings. The lowest BCUT2D eigenvalue weighted by molar-refractivity contribution is -0.0550. The summed E-state index contributed by atoms with van der Waals surface area (Å²) in [5.74, 6) is 0.554. The third-order valence-electron chi connectivity index (χ3n) is 7.44. The lowest BCUT2D eigenvalue weighted by Crippen LogP contribution is -2.40. The lowest BCUT2D eigenvalue weighted by atomic mass is 9.65. The first-order valence-corrected chi connectivity index (χ1v) is 13.6. The summed E-state index contributed by atoms with van der Waals surface area (Å²) >= 11 is 19.5. The number of benzene rings is 2. The van der Waals surface area contributed by atoms with Crippen LogP contribution in [0.4, 0.5) is 0 Å². The van der Waals surface area contributed by atoms with Gasteiger partial charge in [0.25, 0.3) is 0 Å². The first-order chi connectivity index (χ1) is 18.7. The number of carboxylic acids is 1. The van der Waals surface area contributed by atoms with Crippen LogP contribution in [0.5, 0.6) is 5.75 Å². The second kappa shape index (κ2) is 10.1. The molecule has 2 aromatic heterocycles. The van der Waals surface area contributed by atoms with Gasteiger partial charge < -0.3 is 19.5 Å². The molecule has 0 spiro atoms. The van der Waals surface area contributed by atoms with Gasteiger partial charge >= 0.3 is 5.97 Å². The molecule has 2 N–H and O–H groups in total. The predicted octanol–water partition coefficient (Wildman–Crippen LogP) is 7.62. The third kappa shape index (κ3) is 5.00. The van der Waals surface area contributed by atoms with E-state index in [1.807, 2.05) is 0 Å². The number of hydrogen-bond acceptors (Lipinski definition) is 6. The molecule has 2 heterocycles. The molecule has 0 bridgehead atoms. The highest BCUT2D eigenvalue weighted by Gasteiger charge is 2.46. The summed E-state index contributed by atoms with van der Waals surface area (Å²) in [5, 5.41) is 26.1. The van der Waals surface area contributed by atoms with Crippen molar-refractivity contribution < 1.29 is 24.3 Å². The van der Waals surface area contributed by atoms with E-state index < -0.39 is 11.6 Å². The number of nitrogens with zero attached hydrogens (tertiary/aromatic N) is 2. The topological polar surface area (TPSA) is 106 Å². The maximum atomic E-state index is 11.3. The number of hydrogen-bond donors (Lipinski definition) is 2. The molecule has 2 aromatic carbocycles. The van der Waals surface area contributed by atoms with Crippen LogP contribution in [0.1, 0.15) is 70.3 Å². The molecule has 2 saturated carbocycles. The quantitative estimate of drug-likeness (QED) is 0.219. The molecule has 10 heteroatoms. The fourth-order valence-electron chi connectivity index (χ4n) is 5.18. The summed E-state index contributed by atoms with van der Waals surface area (Å²) in [6, 6.07) is 12.1. The summed E-state index contributed by atoms with van der Waals surface area (Å²) in [6.07, 6.45) is 5.81. The number of rotatable bonds is 8. The summed E-state index contributed by atoms with van der Waals surface area (Å²) in [6.45, 7) is 0.182. The summed E-state index contributed by atoms with van der Waals surface area (Å²) in [7, 11) is 0. The molecule has 2 aliphatic rings. The lowest BCUT2D eigenvalue weighted by Gasteiger charge is -2.44. The minimum atomic E-state index is -1.12. The Balaban J connectivity index is 1.19. The van der Waals surface area contributed by atoms with Gasteiger partial charge in [-0.1, -0.05) is 52.1 Å². The van der Waals surface area contributed by atoms with Gasteiger partial charge in [0.05, 0.1) is 31.8 Å². The van der Waals surface area contributed by atoms with Gasteiger partial charge in [0.15, 0.2) is 0 Å². The minimum absolute atomic E-state index is 0.0155. The molecule has 7 nitrogen and oxygen atoms in total. The number of aromatic carboxylic acids is 1. The summed E-state index contributed by atoms with van der Waals surface area (Å²) in [5.41, 5.74) is 2.35. The SMILES string of the molecule is O=C(O)c1cncc(C2CC(O)(c3ccc(OCc4c(-c5c(Cl)cccc5Cl)noc4C4CC4)cc3Cl)C2)c1. The van der Waals surface area contributed by atoms with E-state index in [4.69, 9.17) is 44.1 Å². The molecule has 0 amide bonds. The number of halogens is 3. The van der Waals surface area contributed by atoms with Crippen LogP contribution < -0.4 is 4.74 Å². The van der Waals surface area contributed by atoms with Crippen molar-refractivity contribution in [3.05, 3.63) is 97.9 Å². The van der Waals surface area contributed by atoms with Gasteiger partial charge in [-0.2, -0.15) is 0 Å². The fourth-order valence-corrected chi connectivity index (χ4v) is 6.10. The highest BCUT2D eigenvalue weighted by molar-refractivity contribution is 6.39. The Morgan fingerprint density at radius 1 is 1.03 bits per heavy atom. The maximum Gasteiger partial charge on any atom is 0.337 e. The first kappa shape index (κ1) is 26.1. The smallest absolute Gasteiger partial charge is 0.337 e. The normalized spacial score (nSPS) is 20.5. The monoisotopic (exact) mass is 584 g/mol. The average Bonchev–Trinajstić information content (AvgIpc) is 3.66. The van der Waals surface area contributed by atoms with Crippen molar-refractivity contribution in [2.24, 2.45) is 0 Å². The molecule has 6 rings (SSSR count). The Hall–Kier alpha value is -3.10. The van der Waals surface area contributed by atoms with Gasteiger partial charge in [0.1, 0.15) is 23.8 Å². The van der Waals surface area contributed by atoms with E-state index in [0.717, 1.165) is 29.7 Å². The molecule has 2 aliphatic carbocycles. The van der Waals surface area contributed by atoms with Gasteiger partial charge in [-0.05, 0) is 67.5 Å². The van der Waals surface area contributed by atoms with Gasteiger partial charge in [0.2, 0.25) is 0 Å². The van der Waals surface area contributed by atoms with Crippen molar-refractivity contribution in [1.29, 1.82) is 0 Å². The maximum absolute atomic E-state index is 11.3. The van der Waals surface area contributed by atoms with E-state index >= 15 is 0 Å². The van der Waals surface area contributed by atoms with Crippen LogP contribution in [0, 0.1) is 0 Å². The highest BCUT2D eigenvalue weighted by atomic mass is 35.5. The molecular weight excluding hydrogens is 563 g/mol. The zero-order valence-corrected chi connectivity index (χ0v) is 22.8. The molecule has 39 heavy (non-hydrogen) atoms. The van der Waals surface area contributed by atoms with Crippen molar-refractivity contribution in [2.75, 3.05) is 0 Å². The van der Waals surface area contributed by atoms with Crippen molar-refractivity contribution in [1.82, 2.24) is 10.1 Å². The largest absolute Gasteiger partial charge is 0.489 e. The van der Waals surface area contributed by atoms with Crippen LogP contribution in [0.25, 0.3) is 11.3 Å². The molecule has 200 valence electrons. The molecule has 0 aliphatic heterocycles. The zero-order chi connectivity index (χ0) is 27.3. The van der Waals surface area contributed by atoms with E-state index in [2.05, 4.69) is 10.1 Å². The number of carboxylic acid groups (broad SMARTS) is 1. The average molecular weight is 586 g/mol. The van der Waals surface area contributed by atoms with Crippen LogP contribution in [0.15, 0.2) is 59.4 Å². The Kier molecular flexibility index (Phi) is 6.79. The third-order valence-corrected chi connectivity index (χ3v) is 8.38. The van der Waals surface area contributed by atoms with Crippen molar-refractivity contribution in [3.8, 4) is 17.0 Å². The van der Waals surface area contributed by atoms with Crippen molar-refractivity contribution in [2.45, 2.75) is 49.7 Å². The van der Waals surface area contributed by atoms with E-state index in [9.17, 15) is 15.0 Å². The minimum Gasteiger partial charge on any atom is -0.489 e. The Morgan fingerprint density at radius 3 is 2.44 bits per heavy atom. The van der Waals surface area contributed by atoms with Gasteiger partial charge in [-0.3, -0.25) is 4.98 Å². The number of carbonyl (C=O) groups is 1. The molecule has 0 radical (unpaired) electrons. The van der Waals surface area contributed by atoms with E-state index in [1.165, 1.54) is 6.20 Å². The first-order valence-electron chi connectivity index (χ1n) is 12.5. The van der Waals surface area contributed by atoms with Gasteiger partial charge in [-0.15, -0.1) is 0 Å². The van der Waals surface area contributed by atoms with E-state index in [1.54, 1.807) is 48.7 Å². The highest BCUT2D eigenvalue weighted by Crippen LogP contribution is 2.53. The Bertz CT molecular complexity index is 1560. The van der Waals surface area contributed by atoms with Crippen LogP contribution in [0.2, 0.25) is 15.1 Å². The predicted molar refractivity (Wildman–Crippen MR) is 147 cm³/mol. The standard InChI is InChI=1S/C29H23Cl3N2O5/c30-22-2-1-3-23(31)25(22)26-20(27(39-34-26)15-4-5-15)14-38-19-6-7-21(24(32)9-19)29(37)10-18(11-29)16-8-17(28(35)36)13-33-12-16/h1-3,6-9,12-13,15,18,37H,4-5,10-11,14H2,(H,35,36). The number of pyridine rings is 1. The van der Waals surface area contributed by atoms with Crippen LogP contribution >= 0.6 is 34.8 Å². The second-order valence-electron chi connectivity index (χ2n) is 10.1. The summed E-state index contributed by atoms with van der Waals surface area (Å²) in [4.78, 5) is 15.3. The van der Waals surface area contributed by atoms with Crippen molar-refractivity contribution >= 4 is 40.8 Å². The molecule has 0 unspecified atom stereocenters. The van der Waals surface area contributed by atoms with Gasteiger partial charge in [-0.25, -0.2) is 4.79 Å². The number of aliphatic hydroxyl groups is 1. The van der Waals surface area contributed by atoms with Crippen molar-refractivity contribution in [3.63, 3.8) is 0 Å². The second-order valence-corrected chi connectivity index (χ2v) is 11.3. The molecule has 4 aromatic rings. The molecular formula is C29H23Cl3N2O5. The molecule has 0 saturated heterocycles. The van der Waals surface area contributed by atoms with E-state index in [-0.39, 0.29) is 18.1 Å². The van der Waals surface area contributed by atoms with E-state index in [0.29, 0.717) is 56.4 Å². The zero-order valence-electron chi connectivity index (χ0n) is 20.5. The summed E-state index contributed by atoms with van der Waals surface area (Å²) < 4.78 is 11.8. The fraction of sp³-hybridized carbons (Fsp3) is 0.276. The number of aromatic nitrogens is 2. The van der Waals surface area contributed by atoms with Crippen LogP contribution in [0.3, 0.4) is 0 Å². The van der Waals surface area contributed by atoms with Crippen LogP contribution in [-0.4, -0.2) is 26.3 Å². The Morgan fingerprint density at radius 2 is 1.77 bits per heavy atom. The van der Waals surface area contributed by atoms with Gasteiger partial charge in [0, 0.05) is 29.4 Å².